The fourth-order valence-electron chi connectivity index (χ4n) is 2.82. The van der Waals surface area contributed by atoms with Crippen molar-refractivity contribution >= 4 is 5.91 Å². The molecule has 1 heterocycles. The number of benzene rings is 2. The molecule has 0 saturated heterocycles. The van der Waals surface area contributed by atoms with Gasteiger partial charge in [0.1, 0.15) is 22.8 Å². The average molecular weight is 382 g/mol. The molecular formula is C21H22N2O5. The van der Waals surface area contributed by atoms with Crippen molar-refractivity contribution in [2.75, 3.05) is 21.3 Å². The lowest BCUT2D eigenvalue weighted by molar-refractivity contribution is 0.0950. The standard InChI is InChI=1S/C21H22N2O5/c1-13-19(20(28-23-13)15-5-7-16(25-2)8-6-15)21(24)22-12-14-9-17(26-3)11-18(10-14)27-4/h5-11H,12H2,1-4H3,(H,22,24). The molecular weight excluding hydrogens is 360 g/mol. The molecule has 1 amide bonds. The third kappa shape index (κ3) is 4.09. The van der Waals surface area contributed by atoms with Crippen LogP contribution in [0.15, 0.2) is 47.0 Å². The Labute approximate surface area is 163 Å². The molecule has 0 spiro atoms. The molecule has 3 rings (SSSR count). The highest BCUT2D eigenvalue weighted by atomic mass is 16.5. The first-order valence-corrected chi connectivity index (χ1v) is 8.66. The Morgan fingerprint density at radius 3 is 2.14 bits per heavy atom. The van der Waals surface area contributed by atoms with Crippen molar-refractivity contribution < 1.29 is 23.5 Å². The number of hydrogen-bond acceptors (Lipinski definition) is 6. The van der Waals surface area contributed by atoms with Gasteiger partial charge in [0.15, 0.2) is 5.76 Å². The number of aromatic nitrogens is 1. The van der Waals surface area contributed by atoms with Crippen molar-refractivity contribution in [1.29, 1.82) is 0 Å². The number of ether oxygens (including phenoxy) is 3. The van der Waals surface area contributed by atoms with Gasteiger partial charge in [-0.05, 0) is 48.9 Å². The summed E-state index contributed by atoms with van der Waals surface area (Å²) in [4.78, 5) is 12.8. The van der Waals surface area contributed by atoms with Crippen molar-refractivity contribution in [3.8, 4) is 28.6 Å². The molecule has 2 aromatic carbocycles. The predicted octanol–water partition coefficient (Wildman–Crippen LogP) is 3.61. The third-order valence-electron chi connectivity index (χ3n) is 4.31. The number of nitrogens with one attached hydrogen (secondary N) is 1. The number of amides is 1. The lowest BCUT2D eigenvalue weighted by Gasteiger charge is -2.10. The molecule has 146 valence electrons. The number of carbonyl (C=O) groups excluding carboxylic acids is 1. The molecule has 1 aromatic heterocycles. The minimum absolute atomic E-state index is 0.272. The van der Waals surface area contributed by atoms with Crippen molar-refractivity contribution in [1.82, 2.24) is 10.5 Å². The van der Waals surface area contributed by atoms with E-state index in [0.29, 0.717) is 35.1 Å². The van der Waals surface area contributed by atoms with Crippen LogP contribution in [0.1, 0.15) is 21.6 Å². The van der Waals surface area contributed by atoms with Gasteiger partial charge in [0, 0.05) is 18.2 Å². The maximum absolute atomic E-state index is 12.8. The van der Waals surface area contributed by atoms with E-state index in [1.54, 1.807) is 46.5 Å². The number of hydrogen-bond donors (Lipinski definition) is 1. The van der Waals surface area contributed by atoms with E-state index in [-0.39, 0.29) is 5.91 Å². The normalized spacial score (nSPS) is 10.4. The van der Waals surface area contributed by atoms with Gasteiger partial charge in [0.25, 0.3) is 5.91 Å². The van der Waals surface area contributed by atoms with E-state index < -0.39 is 0 Å². The SMILES string of the molecule is COc1ccc(-c2onc(C)c2C(=O)NCc2cc(OC)cc(OC)c2)cc1. The highest BCUT2D eigenvalue weighted by Crippen LogP contribution is 2.28. The second-order valence-electron chi connectivity index (χ2n) is 6.10. The fourth-order valence-corrected chi connectivity index (χ4v) is 2.82. The van der Waals surface area contributed by atoms with Crippen LogP contribution in [0.2, 0.25) is 0 Å². The maximum Gasteiger partial charge on any atom is 0.257 e. The molecule has 0 radical (unpaired) electrons. The van der Waals surface area contributed by atoms with Gasteiger partial charge < -0.3 is 24.1 Å². The molecule has 0 aliphatic carbocycles. The summed E-state index contributed by atoms with van der Waals surface area (Å²) >= 11 is 0. The molecule has 0 saturated carbocycles. The van der Waals surface area contributed by atoms with E-state index >= 15 is 0 Å². The summed E-state index contributed by atoms with van der Waals surface area (Å²) in [6, 6.07) is 12.7. The molecule has 0 aliphatic heterocycles. The molecule has 3 aromatic rings. The van der Waals surface area contributed by atoms with Gasteiger partial charge >= 0.3 is 0 Å². The predicted molar refractivity (Wildman–Crippen MR) is 104 cm³/mol. The lowest BCUT2D eigenvalue weighted by atomic mass is 10.1. The van der Waals surface area contributed by atoms with Crippen LogP contribution in [0.5, 0.6) is 17.2 Å². The lowest BCUT2D eigenvalue weighted by Crippen LogP contribution is -2.23. The number of methoxy groups -OCH3 is 3. The van der Waals surface area contributed by atoms with Gasteiger partial charge in [0.2, 0.25) is 0 Å². The zero-order valence-electron chi connectivity index (χ0n) is 16.2. The van der Waals surface area contributed by atoms with E-state index in [2.05, 4.69) is 10.5 Å². The first-order valence-electron chi connectivity index (χ1n) is 8.66. The summed E-state index contributed by atoms with van der Waals surface area (Å²) in [5.41, 5.74) is 2.52. The monoisotopic (exact) mass is 382 g/mol. The summed E-state index contributed by atoms with van der Waals surface area (Å²) in [7, 11) is 4.76. The molecule has 0 bridgehead atoms. The molecule has 0 unspecified atom stereocenters. The first kappa shape index (κ1) is 19.3. The smallest absolute Gasteiger partial charge is 0.257 e. The molecule has 0 aliphatic rings. The Morgan fingerprint density at radius 1 is 0.964 bits per heavy atom. The average Bonchev–Trinajstić information content (AvgIpc) is 3.13. The van der Waals surface area contributed by atoms with E-state index in [1.165, 1.54) is 0 Å². The largest absolute Gasteiger partial charge is 0.497 e. The maximum atomic E-state index is 12.8. The van der Waals surface area contributed by atoms with E-state index in [0.717, 1.165) is 16.9 Å². The summed E-state index contributed by atoms with van der Waals surface area (Å²) in [5, 5.41) is 6.86. The summed E-state index contributed by atoms with van der Waals surface area (Å²) in [5.74, 6) is 2.18. The molecule has 0 fully saturated rings. The molecule has 1 N–H and O–H groups in total. The Morgan fingerprint density at radius 2 is 1.57 bits per heavy atom. The van der Waals surface area contributed by atoms with E-state index in [9.17, 15) is 4.79 Å². The minimum atomic E-state index is -0.272. The van der Waals surface area contributed by atoms with Gasteiger partial charge in [-0.15, -0.1) is 0 Å². The van der Waals surface area contributed by atoms with Crippen molar-refractivity contribution in [2.45, 2.75) is 13.5 Å². The second kappa shape index (κ2) is 8.47. The van der Waals surface area contributed by atoms with Gasteiger partial charge in [-0.3, -0.25) is 4.79 Å². The van der Waals surface area contributed by atoms with Crippen molar-refractivity contribution in [3.63, 3.8) is 0 Å². The van der Waals surface area contributed by atoms with Gasteiger partial charge in [-0.1, -0.05) is 5.16 Å². The summed E-state index contributed by atoms with van der Waals surface area (Å²) < 4.78 is 21.1. The number of nitrogens with zero attached hydrogens (tertiary/aromatic N) is 1. The summed E-state index contributed by atoms with van der Waals surface area (Å²) in [6.45, 7) is 2.04. The number of carbonyl (C=O) groups is 1. The second-order valence-corrected chi connectivity index (χ2v) is 6.10. The van der Waals surface area contributed by atoms with Crippen LogP contribution in [0.3, 0.4) is 0 Å². The molecule has 7 heteroatoms. The quantitative estimate of drug-likeness (QED) is 0.672. The highest BCUT2D eigenvalue weighted by molar-refractivity contribution is 6.00. The van der Waals surface area contributed by atoms with Crippen LogP contribution in [0.25, 0.3) is 11.3 Å². The highest BCUT2D eigenvalue weighted by Gasteiger charge is 2.21. The van der Waals surface area contributed by atoms with Gasteiger partial charge in [0.05, 0.1) is 27.0 Å². The number of aryl methyl sites for hydroxylation is 1. The summed E-state index contributed by atoms with van der Waals surface area (Å²) in [6.07, 6.45) is 0. The van der Waals surface area contributed by atoms with Gasteiger partial charge in [-0.2, -0.15) is 0 Å². The van der Waals surface area contributed by atoms with Crippen molar-refractivity contribution in [2.24, 2.45) is 0 Å². The van der Waals surface area contributed by atoms with Crippen LogP contribution >= 0.6 is 0 Å². The Balaban J connectivity index is 1.81. The third-order valence-corrected chi connectivity index (χ3v) is 4.31. The van der Waals surface area contributed by atoms with Gasteiger partial charge in [-0.25, -0.2) is 0 Å². The van der Waals surface area contributed by atoms with Crippen molar-refractivity contribution in [3.05, 3.63) is 59.3 Å². The van der Waals surface area contributed by atoms with Crippen LogP contribution < -0.4 is 19.5 Å². The minimum Gasteiger partial charge on any atom is -0.497 e. The van der Waals surface area contributed by atoms with Crippen LogP contribution in [0.4, 0.5) is 0 Å². The van der Waals surface area contributed by atoms with Crippen LogP contribution in [-0.2, 0) is 6.54 Å². The number of rotatable bonds is 7. The Bertz CT molecular complexity index is 941. The van der Waals surface area contributed by atoms with Crippen LogP contribution in [-0.4, -0.2) is 32.4 Å². The molecule has 7 nitrogen and oxygen atoms in total. The topological polar surface area (TPSA) is 82.8 Å². The Kier molecular flexibility index (Phi) is 5.84. The van der Waals surface area contributed by atoms with E-state index in [1.807, 2.05) is 24.3 Å². The zero-order valence-corrected chi connectivity index (χ0v) is 16.2. The fraction of sp³-hybridized carbons (Fsp3) is 0.238. The van der Waals surface area contributed by atoms with E-state index in [4.69, 9.17) is 18.7 Å². The zero-order chi connectivity index (χ0) is 20.1. The van der Waals surface area contributed by atoms with Crippen LogP contribution in [0, 0.1) is 6.92 Å². The first-order chi connectivity index (χ1) is 13.5. The molecule has 0 atom stereocenters. The molecule has 28 heavy (non-hydrogen) atoms. The Hall–Kier alpha value is -3.48.